The lowest BCUT2D eigenvalue weighted by molar-refractivity contribution is 0.147. The van der Waals surface area contributed by atoms with Gasteiger partial charge >= 0.3 is 16.3 Å². The lowest BCUT2D eigenvalue weighted by Crippen LogP contribution is -2.29. The Bertz CT molecular complexity index is 836. The number of benzene rings is 2. The van der Waals surface area contributed by atoms with Crippen molar-refractivity contribution >= 4 is 22.0 Å². The Balaban J connectivity index is 1.73. The van der Waals surface area contributed by atoms with Gasteiger partial charge in [-0.1, -0.05) is 30.3 Å². The highest BCUT2D eigenvalue weighted by Gasteiger charge is 2.27. The van der Waals surface area contributed by atoms with E-state index in [0.29, 0.717) is 24.2 Å². The van der Waals surface area contributed by atoms with Crippen LogP contribution in [0.2, 0.25) is 0 Å². The molecule has 120 valence electrons. The summed E-state index contributed by atoms with van der Waals surface area (Å²) >= 11 is 0. The van der Waals surface area contributed by atoms with Crippen molar-refractivity contribution in [1.29, 1.82) is 0 Å². The fourth-order valence-corrected chi connectivity index (χ4v) is 3.03. The molecule has 23 heavy (non-hydrogen) atoms. The first-order valence-electron chi connectivity index (χ1n) is 7.01. The van der Waals surface area contributed by atoms with E-state index in [-0.39, 0.29) is 6.61 Å². The van der Waals surface area contributed by atoms with Gasteiger partial charge in [0, 0.05) is 6.54 Å². The van der Waals surface area contributed by atoms with Gasteiger partial charge in [-0.15, -0.1) is 3.89 Å². The molecule has 5 nitrogen and oxygen atoms in total. The summed E-state index contributed by atoms with van der Waals surface area (Å²) < 4.78 is 40.2. The second-order valence-corrected chi connectivity index (χ2v) is 6.52. The highest BCUT2D eigenvalue weighted by atomic mass is 32.3. The molecule has 1 aliphatic heterocycles. The van der Waals surface area contributed by atoms with Crippen molar-refractivity contribution < 1.29 is 21.8 Å². The summed E-state index contributed by atoms with van der Waals surface area (Å²) in [5.41, 5.74) is 2.04. The molecule has 0 spiro atoms. The zero-order chi connectivity index (χ0) is 16.4. The second kappa shape index (κ2) is 6.00. The zero-order valence-corrected chi connectivity index (χ0v) is 12.9. The average molecular weight is 335 g/mol. The van der Waals surface area contributed by atoms with Crippen molar-refractivity contribution in [2.45, 2.75) is 17.9 Å². The highest BCUT2D eigenvalue weighted by molar-refractivity contribution is 7.86. The maximum Gasteiger partial charge on any atom is 0.414 e. The summed E-state index contributed by atoms with van der Waals surface area (Å²) in [6.07, 6.45) is -0.0532. The SMILES string of the molecule is O=C(OCc1ccccc1)N1CCc2cc(S(=O)(=O)F)ccc21. The van der Waals surface area contributed by atoms with E-state index in [0.717, 1.165) is 11.6 Å². The van der Waals surface area contributed by atoms with Crippen LogP contribution in [0.1, 0.15) is 11.1 Å². The van der Waals surface area contributed by atoms with E-state index >= 15 is 0 Å². The van der Waals surface area contributed by atoms with Gasteiger partial charge in [-0.25, -0.2) is 4.79 Å². The topological polar surface area (TPSA) is 63.7 Å². The van der Waals surface area contributed by atoms with Crippen LogP contribution in [0.25, 0.3) is 0 Å². The molecule has 1 heterocycles. The van der Waals surface area contributed by atoms with Crippen LogP contribution in [0.15, 0.2) is 53.4 Å². The third-order valence-corrected chi connectivity index (χ3v) is 4.47. The Morgan fingerprint density at radius 1 is 1.17 bits per heavy atom. The fourth-order valence-electron chi connectivity index (χ4n) is 2.52. The molecule has 0 bridgehead atoms. The van der Waals surface area contributed by atoms with E-state index in [2.05, 4.69) is 0 Å². The molecule has 0 aromatic heterocycles. The number of carbonyl (C=O) groups is 1. The van der Waals surface area contributed by atoms with Gasteiger partial charge in [0.05, 0.1) is 10.6 Å². The molecule has 2 aromatic rings. The smallest absolute Gasteiger partial charge is 0.414 e. The van der Waals surface area contributed by atoms with Gasteiger partial charge in [0.25, 0.3) is 0 Å². The first-order valence-corrected chi connectivity index (χ1v) is 8.39. The van der Waals surface area contributed by atoms with Crippen LogP contribution in [0.4, 0.5) is 14.4 Å². The van der Waals surface area contributed by atoms with Gasteiger partial charge in [0.1, 0.15) is 6.61 Å². The zero-order valence-electron chi connectivity index (χ0n) is 12.1. The van der Waals surface area contributed by atoms with Gasteiger partial charge in [0.15, 0.2) is 0 Å². The highest BCUT2D eigenvalue weighted by Crippen LogP contribution is 2.31. The van der Waals surface area contributed by atoms with Gasteiger partial charge in [0.2, 0.25) is 0 Å². The van der Waals surface area contributed by atoms with Crippen LogP contribution < -0.4 is 4.90 Å². The lowest BCUT2D eigenvalue weighted by Gasteiger charge is -2.17. The van der Waals surface area contributed by atoms with Crippen molar-refractivity contribution in [3.63, 3.8) is 0 Å². The normalized spacial score (nSPS) is 13.7. The van der Waals surface area contributed by atoms with E-state index in [1.165, 1.54) is 17.0 Å². The number of anilines is 1. The quantitative estimate of drug-likeness (QED) is 0.809. The van der Waals surface area contributed by atoms with Gasteiger partial charge < -0.3 is 4.74 Å². The minimum Gasteiger partial charge on any atom is -0.444 e. The van der Waals surface area contributed by atoms with Gasteiger partial charge in [-0.3, -0.25) is 4.90 Å². The number of amides is 1. The molecule has 1 aliphatic rings. The van der Waals surface area contributed by atoms with E-state index in [4.69, 9.17) is 4.74 Å². The molecule has 3 rings (SSSR count). The van der Waals surface area contributed by atoms with Gasteiger partial charge in [-0.05, 0) is 35.7 Å². The number of hydrogen-bond donors (Lipinski definition) is 0. The van der Waals surface area contributed by atoms with Crippen LogP contribution in [0.5, 0.6) is 0 Å². The van der Waals surface area contributed by atoms with Crippen molar-refractivity contribution in [2.24, 2.45) is 0 Å². The Morgan fingerprint density at radius 3 is 2.61 bits per heavy atom. The molecule has 0 aliphatic carbocycles. The van der Waals surface area contributed by atoms with Crippen LogP contribution in [-0.4, -0.2) is 21.1 Å². The Morgan fingerprint density at radius 2 is 1.91 bits per heavy atom. The molecule has 2 aromatic carbocycles. The Labute approximate surface area is 133 Å². The third-order valence-electron chi connectivity index (χ3n) is 3.65. The number of nitrogens with zero attached hydrogens (tertiary/aromatic N) is 1. The Hall–Kier alpha value is -2.41. The number of carbonyl (C=O) groups excluding carboxylic acids is 1. The molecule has 0 radical (unpaired) electrons. The minimum atomic E-state index is -4.74. The van der Waals surface area contributed by atoms with Crippen LogP contribution in [0.3, 0.4) is 0 Å². The third kappa shape index (κ3) is 3.34. The standard InChI is InChI=1S/C16H14FNO4S/c17-23(20,21)14-6-7-15-13(10-14)8-9-18(15)16(19)22-11-12-4-2-1-3-5-12/h1-7,10H,8-9,11H2. The first-order chi connectivity index (χ1) is 10.9. The predicted octanol–water partition coefficient (Wildman–Crippen LogP) is 3.04. The maximum absolute atomic E-state index is 13.0. The molecular weight excluding hydrogens is 321 g/mol. The summed E-state index contributed by atoms with van der Waals surface area (Å²) in [7, 11) is -4.74. The molecule has 0 atom stereocenters. The summed E-state index contributed by atoms with van der Waals surface area (Å²) in [5, 5.41) is 0. The summed E-state index contributed by atoms with van der Waals surface area (Å²) in [5.74, 6) is 0. The number of halogens is 1. The van der Waals surface area contributed by atoms with Crippen LogP contribution >= 0.6 is 0 Å². The predicted molar refractivity (Wildman–Crippen MR) is 82.4 cm³/mol. The van der Waals surface area contributed by atoms with Crippen LogP contribution in [-0.2, 0) is 28.0 Å². The van der Waals surface area contributed by atoms with E-state index in [9.17, 15) is 17.1 Å². The molecule has 1 amide bonds. The largest absolute Gasteiger partial charge is 0.444 e. The van der Waals surface area contributed by atoms with E-state index in [1.54, 1.807) is 0 Å². The molecule has 0 unspecified atom stereocenters. The van der Waals surface area contributed by atoms with Crippen LogP contribution in [0, 0.1) is 0 Å². The average Bonchev–Trinajstić information content (AvgIpc) is 2.96. The monoisotopic (exact) mass is 335 g/mol. The molecule has 0 N–H and O–H groups in total. The number of hydrogen-bond acceptors (Lipinski definition) is 4. The van der Waals surface area contributed by atoms with Gasteiger partial charge in [-0.2, -0.15) is 8.42 Å². The molecule has 0 fully saturated rings. The van der Waals surface area contributed by atoms with E-state index in [1.807, 2.05) is 30.3 Å². The minimum absolute atomic E-state index is 0.155. The Kier molecular flexibility index (Phi) is 4.04. The second-order valence-electron chi connectivity index (χ2n) is 5.17. The number of fused-ring (bicyclic) bond motifs is 1. The van der Waals surface area contributed by atoms with Crippen molar-refractivity contribution in [2.75, 3.05) is 11.4 Å². The fraction of sp³-hybridized carbons (Fsp3) is 0.188. The summed E-state index contributed by atoms with van der Waals surface area (Å²) in [6.45, 7) is 0.529. The van der Waals surface area contributed by atoms with Crippen molar-refractivity contribution in [1.82, 2.24) is 0 Å². The van der Waals surface area contributed by atoms with Crippen molar-refractivity contribution in [3.8, 4) is 0 Å². The molecular formula is C16H14FNO4S. The first kappa shape index (κ1) is 15.5. The molecule has 0 saturated carbocycles. The molecule has 7 heteroatoms. The number of ether oxygens (including phenoxy) is 1. The molecule has 0 saturated heterocycles. The van der Waals surface area contributed by atoms with E-state index < -0.39 is 21.2 Å². The van der Waals surface area contributed by atoms with Crippen molar-refractivity contribution in [3.05, 3.63) is 59.7 Å². The maximum atomic E-state index is 13.0. The summed E-state index contributed by atoms with van der Waals surface area (Å²) in [6, 6.07) is 13.1. The number of rotatable bonds is 3. The lowest BCUT2D eigenvalue weighted by atomic mass is 10.2. The summed E-state index contributed by atoms with van der Waals surface area (Å²) in [4.78, 5) is 13.2.